The van der Waals surface area contributed by atoms with E-state index < -0.39 is 0 Å². The van der Waals surface area contributed by atoms with Crippen LogP contribution in [0, 0.1) is 0 Å². The van der Waals surface area contributed by atoms with Crippen molar-refractivity contribution in [1.29, 1.82) is 0 Å². The number of hydrogen-bond donors (Lipinski definition) is 1. The molecule has 1 fully saturated rings. The summed E-state index contributed by atoms with van der Waals surface area (Å²) in [6.45, 7) is 5.90. The number of benzene rings is 1. The summed E-state index contributed by atoms with van der Waals surface area (Å²) in [5.41, 5.74) is 7.22. The average Bonchev–Trinajstić information content (AvgIpc) is 2.47. The molecule has 1 aromatic rings. The Kier molecular flexibility index (Phi) is 4.71. The zero-order valence-electron chi connectivity index (χ0n) is 12.9. The Hall–Kier alpha value is -1.06. The number of methoxy groups -OCH3 is 1. The Morgan fingerprint density at radius 1 is 1.35 bits per heavy atom. The number of rotatable bonds is 5. The lowest BCUT2D eigenvalue weighted by molar-refractivity contribution is -0.0979. The molecular formula is C17H27NO2. The van der Waals surface area contributed by atoms with Gasteiger partial charge in [0.05, 0.1) is 12.7 Å². The van der Waals surface area contributed by atoms with Crippen molar-refractivity contribution >= 4 is 0 Å². The fourth-order valence-corrected chi connectivity index (χ4v) is 3.51. The van der Waals surface area contributed by atoms with Crippen molar-refractivity contribution in [3.63, 3.8) is 0 Å². The zero-order valence-corrected chi connectivity index (χ0v) is 12.9. The molecular weight excluding hydrogens is 250 g/mol. The van der Waals surface area contributed by atoms with Gasteiger partial charge in [0.1, 0.15) is 5.75 Å². The van der Waals surface area contributed by atoms with E-state index in [4.69, 9.17) is 15.2 Å². The van der Waals surface area contributed by atoms with Crippen LogP contribution in [0.15, 0.2) is 24.3 Å². The van der Waals surface area contributed by atoms with Crippen LogP contribution in [0.5, 0.6) is 5.75 Å². The van der Waals surface area contributed by atoms with Crippen LogP contribution in [-0.2, 0) is 10.2 Å². The minimum Gasteiger partial charge on any atom is -0.496 e. The maximum atomic E-state index is 6.03. The van der Waals surface area contributed by atoms with Gasteiger partial charge in [0.25, 0.3) is 0 Å². The van der Waals surface area contributed by atoms with Gasteiger partial charge in [-0.3, -0.25) is 0 Å². The first-order valence-corrected chi connectivity index (χ1v) is 7.57. The van der Waals surface area contributed by atoms with Crippen LogP contribution in [0.2, 0.25) is 0 Å². The first-order chi connectivity index (χ1) is 9.59. The van der Waals surface area contributed by atoms with Crippen molar-refractivity contribution < 1.29 is 9.47 Å². The molecule has 0 aliphatic carbocycles. The minimum atomic E-state index is -0.0612. The summed E-state index contributed by atoms with van der Waals surface area (Å²) < 4.78 is 11.6. The summed E-state index contributed by atoms with van der Waals surface area (Å²) in [5.74, 6) is 0.973. The number of nitrogens with two attached hydrogens (primary N) is 1. The van der Waals surface area contributed by atoms with E-state index in [-0.39, 0.29) is 11.0 Å². The van der Waals surface area contributed by atoms with Crippen LogP contribution in [0.1, 0.15) is 45.1 Å². The molecule has 0 saturated carbocycles. The van der Waals surface area contributed by atoms with Crippen molar-refractivity contribution in [2.45, 2.75) is 50.5 Å². The summed E-state index contributed by atoms with van der Waals surface area (Å²) >= 11 is 0. The second-order valence-electron chi connectivity index (χ2n) is 6.10. The molecule has 0 aromatic heterocycles. The molecule has 3 heteroatoms. The van der Waals surface area contributed by atoms with Gasteiger partial charge in [-0.15, -0.1) is 0 Å². The van der Waals surface area contributed by atoms with E-state index in [1.54, 1.807) is 7.11 Å². The van der Waals surface area contributed by atoms with Crippen LogP contribution in [0.4, 0.5) is 0 Å². The van der Waals surface area contributed by atoms with E-state index in [1.165, 1.54) is 5.56 Å². The summed E-state index contributed by atoms with van der Waals surface area (Å²) in [7, 11) is 1.74. The Bertz CT molecular complexity index is 444. The third-order valence-electron chi connectivity index (χ3n) is 4.79. The monoisotopic (exact) mass is 277 g/mol. The van der Waals surface area contributed by atoms with E-state index in [2.05, 4.69) is 26.0 Å². The van der Waals surface area contributed by atoms with Crippen LogP contribution in [0.3, 0.4) is 0 Å². The molecule has 0 unspecified atom stereocenters. The van der Waals surface area contributed by atoms with Gasteiger partial charge in [0.2, 0.25) is 0 Å². The quantitative estimate of drug-likeness (QED) is 0.898. The average molecular weight is 277 g/mol. The lowest BCUT2D eigenvalue weighted by Gasteiger charge is -2.47. The van der Waals surface area contributed by atoms with Gasteiger partial charge < -0.3 is 15.2 Å². The van der Waals surface area contributed by atoms with E-state index >= 15 is 0 Å². The summed E-state index contributed by atoms with van der Waals surface area (Å²) in [6.07, 6.45) is 4.02. The Morgan fingerprint density at radius 2 is 2.10 bits per heavy atom. The highest BCUT2D eigenvalue weighted by Crippen LogP contribution is 2.47. The Balaban J connectivity index is 2.43. The number of hydrogen-bond acceptors (Lipinski definition) is 3. The zero-order chi connectivity index (χ0) is 14.6. The normalized spacial score (nSPS) is 30.2. The number of para-hydroxylation sites is 1. The third-order valence-corrected chi connectivity index (χ3v) is 4.79. The molecule has 1 aliphatic heterocycles. The van der Waals surface area contributed by atoms with Crippen molar-refractivity contribution in [1.82, 2.24) is 0 Å². The lowest BCUT2D eigenvalue weighted by atomic mass is 9.66. The van der Waals surface area contributed by atoms with Crippen LogP contribution >= 0.6 is 0 Å². The predicted octanol–water partition coefficient (Wildman–Crippen LogP) is 3.26. The van der Waals surface area contributed by atoms with E-state index in [0.717, 1.165) is 38.0 Å². The van der Waals surface area contributed by atoms with E-state index in [0.29, 0.717) is 6.54 Å². The molecule has 112 valence electrons. The summed E-state index contributed by atoms with van der Waals surface area (Å²) in [4.78, 5) is 0. The lowest BCUT2D eigenvalue weighted by Crippen LogP contribution is -2.46. The second-order valence-corrected chi connectivity index (χ2v) is 6.10. The van der Waals surface area contributed by atoms with Crippen molar-refractivity contribution in [2.24, 2.45) is 5.73 Å². The molecule has 2 N–H and O–H groups in total. The maximum Gasteiger partial charge on any atom is 0.122 e. The first kappa shape index (κ1) is 15.3. The molecule has 0 radical (unpaired) electrons. The molecule has 2 rings (SSSR count). The first-order valence-electron chi connectivity index (χ1n) is 7.57. The van der Waals surface area contributed by atoms with Gasteiger partial charge in [-0.1, -0.05) is 25.1 Å². The molecule has 0 bridgehead atoms. The topological polar surface area (TPSA) is 44.5 Å². The predicted molar refractivity (Wildman–Crippen MR) is 82.2 cm³/mol. The third kappa shape index (κ3) is 2.84. The van der Waals surface area contributed by atoms with Gasteiger partial charge in [-0.05, 0) is 45.2 Å². The van der Waals surface area contributed by atoms with Crippen LogP contribution < -0.4 is 10.5 Å². The fourth-order valence-electron chi connectivity index (χ4n) is 3.51. The molecule has 1 heterocycles. The fraction of sp³-hybridized carbons (Fsp3) is 0.647. The van der Waals surface area contributed by atoms with Gasteiger partial charge in [0.15, 0.2) is 0 Å². The van der Waals surface area contributed by atoms with Crippen LogP contribution in [-0.4, -0.2) is 25.9 Å². The molecule has 1 saturated heterocycles. The van der Waals surface area contributed by atoms with Crippen molar-refractivity contribution in [3.8, 4) is 5.75 Å². The van der Waals surface area contributed by atoms with Gasteiger partial charge >= 0.3 is 0 Å². The van der Waals surface area contributed by atoms with E-state index in [1.807, 2.05) is 12.1 Å². The Morgan fingerprint density at radius 3 is 2.75 bits per heavy atom. The maximum absolute atomic E-state index is 6.03. The highest BCUT2D eigenvalue weighted by molar-refractivity contribution is 5.40. The number of ether oxygens (including phenoxy) is 2. The van der Waals surface area contributed by atoms with Gasteiger partial charge in [-0.25, -0.2) is 0 Å². The SMILES string of the molecule is CC[C@]1(C)C[C@](CCN)(c2ccccc2OC)CCO1. The standard InChI is InChI=1S/C17H27NO2/c1-4-16(2)13-17(9-11-18,10-12-20-16)14-7-5-6-8-15(14)19-3/h5-8H,4,9-13,18H2,1-3H3/t16-,17-/m1/s1. The highest BCUT2D eigenvalue weighted by atomic mass is 16.5. The molecule has 2 atom stereocenters. The van der Waals surface area contributed by atoms with Crippen LogP contribution in [0.25, 0.3) is 0 Å². The summed E-state index contributed by atoms with van der Waals surface area (Å²) in [5, 5.41) is 0. The molecule has 0 amide bonds. The van der Waals surface area contributed by atoms with Gasteiger partial charge in [0, 0.05) is 17.6 Å². The smallest absolute Gasteiger partial charge is 0.122 e. The molecule has 0 spiro atoms. The van der Waals surface area contributed by atoms with Crippen molar-refractivity contribution in [2.75, 3.05) is 20.3 Å². The summed E-state index contributed by atoms with van der Waals surface area (Å²) in [6, 6.07) is 8.36. The highest BCUT2D eigenvalue weighted by Gasteiger charge is 2.44. The largest absolute Gasteiger partial charge is 0.496 e. The molecule has 20 heavy (non-hydrogen) atoms. The van der Waals surface area contributed by atoms with Gasteiger partial charge in [-0.2, -0.15) is 0 Å². The Labute approximate surface area is 122 Å². The molecule has 3 nitrogen and oxygen atoms in total. The second kappa shape index (κ2) is 6.15. The van der Waals surface area contributed by atoms with E-state index in [9.17, 15) is 0 Å². The molecule has 1 aliphatic rings. The van der Waals surface area contributed by atoms with Crippen molar-refractivity contribution in [3.05, 3.63) is 29.8 Å². The minimum absolute atomic E-state index is 0.0612. The molecule has 1 aromatic carbocycles.